The van der Waals surface area contributed by atoms with Crippen molar-refractivity contribution in [3.8, 4) is 28.1 Å². The number of fused-ring (bicyclic) bond motifs is 1. The minimum atomic E-state index is -4.04. The summed E-state index contributed by atoms with van der Waals surface area (Å²) in [6.45, 7) is -3.67. The number of hydrogen-bond acceptors (Lipinski definition) is 7. The Kier molecular flexibility index (Phi) is 5.38. The minimum Gasteiger partial charge on any atom is -0.360 e. The Bertz CT molecular complexity index is 1230. The fourth-order valence-electron chi connectivity index (χ4n) is 2.33. The maximum atomic E-state index is 12.3. The molecule has 0 unspecified atom stereocenters. The van der Waals surface area contributed by atoms with Crippen LogP contribution in [-0.4, -0.2) is 28.7 Å². The van der Waals surface area contributed by atoms with Crippen LogP contribution in [0.3, 0.4) is 0 Å². The third kappa shape index (κ3) is 4.93. The van der Waals surface area contributed by atoms with Crippen molar-refractivity contribution >= 4 is 20.1 Å². The summed E-state index contributed by atoms with van der Waals surface area (Å²) in [6.07, 6.45) is 1.21. The average Bonchev–Trinajstić information content (AvgIpc) is 3.01. The molecule has 2 N–H and O–H groups in total. The van der Waals surface area contributed by atoms with Crippen LogP contribution in [0.25, 0.3) is 22.3 Å². The molecule has 0 aliphatic heterocycles. The molecule has 0 radical (unpaired) electrons. The van der Waals surface area contributed by atoms with Gasteiger partial charge in [0.15, 0.2) is 0 Å². The summed E-state index contributed by atoms with van der Waals surface area (Å²) in [5.74, 6) is -0.239. The number of alkyl halides is 3. The van der Waals surface area contributed by atoms with Gasteiger partial charge >= 0.3 is 16.8 Å². The number of rotatable bonds is 5. The monoisotopic (exact) mass is 448 g/mol. The first kappa shape index (κ1) is 20.8. The van der Waals surface area contributed by atoms with Crippen molar-refractivity contribution < 1.29 is 38.7 Å². The third-order valence-electron chi connectivity index (χ3n) is 3.66. The first-order valence-corrected chi connectivity index (χ1v) is 10.5. The first-order chi connectivity index (χ1) is 13.5. The predicted molar refractivity (Wildman–Crippen MR) is 93.7 cm³/mol. The molecule has 0 fully saturated rings. The Labute approximate surface area is 162 Å². The molecule has 2 aliphatic carbocycles. The fraction of sp³-hybridized carbons (Fsp3) is 0.0625. The number of nitrogens with two attached hydrogens (primary N) is 1. The second-order valence-electron chi connectivity index (χ2n) is 5.63. The Balaban J connectivity index is 0.000000552. The number of nitrogens with zero attached hydrogens (tertiary/aromatic N) is 1. The largest absolute Gasteiger partial charge is 0.379 e. The van der Waals surface area contributed by atoms with Gasteiger partial charge in [-0.25, -0.2) is 13.6 Å². The van der Waals surface area contributed by atoms with Gasteiger partial charge in [-0.05, 0) is 52.2 Å². The van der Waals surface area contributed by atoms with Crippen molar-refractivity contribution in [2.24, 2.45) is 5.14 Å². The highest BCUT2D eigenvalue weighted by molar-refractivity contribution is 7.89. The second kappa shape index (κ2) is 7.50. The van der Waals surface area contributed by atoms with Gasteiger partial charge in [0.05, 0.1) is 10.5 Å². The number of aromatic nitrogens is 1. The fourth-order valence-corrected chi connectivity index (χ4v) is 3.81. The van der Waals surface area contributed by atoms with Crippen LogP contribution in [-0.2, 0) is 20.1 Å². The highest BCUT2D eigenvalue weighted by Gasteiger charge is 2.27. The van der Waals surface area contributed by atoms with E-state index >= 15 is 0 Å². The summed E-state index contributed by atoms with van der Waals surface area (Å²) in [5.41, 5.74) is 2.45. The van der Waals surface area contributed by atoms with E-state index in [4.69, 9.17) is 13.8 Å². The average molecular weight is 448 g/mol. The molecule has 4 rings (SSSR count). The molecule has 1 heterocycles. The van der Waals surface area contributed by atoms with Gasteiger partial charge in [0.1, 0.15) is 11.2 Å². The third-order valence-corrected chi connectivity index (χ3v) is 5.78. The molecule has 8 nitrogen and oxygen atoms in total. The van der Waals surface area contributed by atoms with E-state index < -0.39 is 26.8 Å². The van der Waals surface area contributed by atoms with Crippen molar-refractivity contribution in [3.63, 3.8) is 0 Å². The van der Waals surface area contributed by atoms with E-state index in [1.54, 1.807) is 0 Å². The Hall–Kier alpha value is -2.90. The van der Waals surface area contributed by atoms with Crippen molar-refractivity contribution in [1.82, 2.24) is 5.16 Å². The van der Waals surface area contributed by atoms with Crippen molar-refractivity contribution in [2.45, 2.75) is 16.5 Å². The van der Waals surface area contributed by atoms with E-state index in [0.717, 1.165) is 11.1 Å². The first-order valence-electron chi connectivity index (χ1n) is 7.57. The topological polar surface area (TPSA) is 130 Å². The van der Waals surface area contributed by atoms with Gasteiger partial charge in [-0.3, -0.25) is 0 Å². The lowest BCUT2D eigenvalue weighted by Gasteiger charge is -2.05. The van der Waals surface area contributed by atoms with E-state index in [1.807, 2.05) is 6.07 Å². The summed E-state index contributed by atoms with van der Waals surface area (Å²) >= 11 is 0. The zero-order valence-electron chi connectivity index (χ0n) is 14.1. The molecule has 2 aliphatic rings. The summed E-state index contributed by atoms with van der Waals surface area (Å²) < 4.78 is 86.0. The van der Waals surface area contributed by atoms with Gasteiger partial charge in [-0.2, -0.15) is 21.6 Å². The molecule has 13 heteroatoms. The second-order valence-corrected chi connectivity index (χ2v) is 8.74. The van der Waals surface area contributed by atoms with Crippen LogP contribution in [0.4, 0.5) is 13.2 Å². The molecule has 0 bridgehead atoms. The number of benzene rings is 2. The number of halogens is 3. The van der Waals surface area contributed by atoms with Crippen LogP contribution in [0.15, 0.2) is 63.0 Å². The van der Waals surface area contributed by atoms with Gasteiger partial charge in [0.2, 0.25) is 10.0 Å². The van der Waals surface area contributed by atoms with Crippen LogP contribution >= 0.6 is 0 Å². The highest BCUT2D eigenvalue weighted by Crippen LogP contribution is 2.39. The van der Waals surface area contributed by atoms with Gasteiger partial charge in [0, 0.05) is 0 Å². The Morgan fingerprint density at radius 3 is 1.97 bits per heavy atom. The lowest BCUT2D eigenvalue weighted by atomic mass is 10.1. The standard InChI is InChI=1S/C15H10N2O6S2.CHF3/c16-24(18,19)12-3-1-9(2-4-12)14-8-22-17-15(14)23-25(20,21)13-6-10-5-11(10)7-13;2-1(3)4/h1-8H,(H2,16,18,19);1H. The van der Waals surface area contributed by atoms with Crippen LogP contribution in [0.1, 0.15) is 0 Å². The predicted octanol–water partition coefficient (Wildman–Crippen LogP) is 2.92. The van der Waals surface area contributed by atoms with Crippen LogP contribution in [0, 0.1) is 0 Å². The van der Waals surface area contributed by atoms with E-state index in [0.29, 0.717) is 5.56 Å². The lowest BCUT2D eigenvalue weighted by Crippen LogP contribution is -2.11. The SMILES string of the molecule is FC(F)F.NS(=O)(=O)c1ccc(-c2conc2OS(=O)(=O)c2cc3cc-3c2)cc1. The molecule has 1 aromatic carbocycles. The molecule has 0 atom stereocenters. The van der Waals surface area contributed by atoms with Crippen LogP contribution < -0.4 is 9.32 Å². The van der Waals surface area contributed by atoms with E-state index in [9.17, 15) is 30.0 Å². The van der Waals surface area contributed by atoms with Crippen LogP contribution in [0.2, 0.25) is 0 Å². The molecule has 29 heavy (non-hydrogen) atoms. The zero-order chi connectivity index (χ0) is 21.4. The lowest BCUT2D eigenvalue weighted by molar-refractivity contribution is 0.00819. The van der Waals surface area contributed by atoms with Gasteiger partial charge in [-0.1, -0.05) is 12.1 Å². The normalized spacial score (nSPS) is 12.3. The molecule has 0 saturated carbocycles. The summed E-state index contributed by atoms with van der Waals surface area (Å²) in [6, 6.07) is 10.3. The number of primary sulfonamides is 1. The van der Waals surface area contributed by atoms with Gasteiger partial charge in [0.25, 0.3) is 5.88 Å². The Morgan fingerprint density at radius 2 is 1.45 bits per heavy atom. The molecular formula is C16H11F3N2O6S2. The van der Waals surface area contributed by atoms with Crippen molar-refractivity contribution in [2.75, 3.05) is 0 Å². The maximum absolute atomic E-state index is 12.3. The number of hydrogen-bond donors (Lipinski definition) is 1. The van der Waals surface area contributed by atoms with Crippen molar-refractivity contribution in [1.29, 1.82) is 0 Å². The number of sulfonamides is 1. The quantitative estimate of drug-likeness (QED) is 0.465. The van der Waals surface area contributed by atoms with Gasteiger partial charge < -0.3 is 8.71 Å². The molecule has 154 valence electrons. The van der Waals surface area contributed by atoms with E-state index in [-0.39, 0.29) is 21.2 Å². The molecule has 0 spiro atoms. The smallest absolute Gasteiger partial charge is 0.360 e. The molecule has 0 amide bonds. The highest BCUT2D eigenvalue weighted by atomic mass is 32.2. The van der Waals surface area contributed by atoms with Gasteiger partial charge in [-0.15, -0.1) is 0 Å². The van der Waals surface area contributed by atoms with Crippen molar-refractivity contribution in [3.05, 3.63) is 48.7 Å². The van der Waals surface area contributed by atoms with E-state index in [2.05, 4.69) is 5.16 Å². The summed E-state index contributed by atoms with van der Waals surface area (Å²) in [4.78, 5) is -0.0310. The minimum absolute atomic E-state index is 0.0403. The summed E-state index contributed by atoms with van der Waals surface area (Å²) in [5, 5.41) is 8.61. The molecule has 1 aromatic heterocycles. The Morgan fingerprint density at radius 1 is 0.897 bits per heavy atom. The van der Waals surface area contributed by atoms with Crippen LogP contribution in [0.5, 0.6) is 5.88 Å². The van der Waals surface area contributed by atoms with E-state index in [1.165, 1.54) is 42.7 Å². The molecule has 0 saturated heterocycles. The molecular weight excluding hydrogens is 437 g/mol. The summed E-state index contributed by atoms with van der Waals surface area (Å²) in [7, 11) is -7.87. The maximum Gasteiger partial charge on any atom is 0.379 e. The molecule has 2 aromatic rings. The zero-order valence-corrected chi connectivity index (χ0v) is 15.8.